The molecule has 1 atom stereocenters. The van der Waals surface area contributed by atoms with Crippen molar-refractivity contribution in [2.75, 3.05) is 11.9 Å². The lowest BCUT2D eigenvalue weighted by atomic mass is 9.82. The van der Waals surface area contributed by atoms with Crippen LogP contribution in [0.5, 0.6) is 5.88 Å². The lowest BCUT2D eigenvalue weighted by Crippen LogP contribution is -2.41. The number of nitrogens with two attached hydrogens (primary N) is 1. The number of anilines is 1. The van der Waals surface area contributed by atoms with Gasteiger partial charge in [-0.05, 0) is 75.3 Å². The molecule has 0 radical (unpaired) electrons. The van der Waals surface area contributed by atoms with Gasteiger partial charge in [0.15, 0.2) is 11.5 Å². The molecule has 7 nitrogen and oxygen atoms in total. The van der Waals surface area contributed by atoms with Crippen molar-refractivity contribution < 1.29 is 14.2 Å². The van der Waals surface area contributed by atoms with E-state index in [0.29, 0.717) is 40.7 Å². The summed E-state index contributed by atoms with van der Waals surface area (Å²) in [6, 6.07) is 1.78. The largest absolute Gasteiger partial charge is 0.463 e. The molecule has 0 amide bonds. The van der Waals surface area contributed by atoms with E-state index in [9.17, 15) is 9.46 Å². The number of hydrogen-bond donors (Lipinski definition) is 2. The van der Waals surface area contributed by atoms with Crippen LogP contribution in [0.3, 0.4) is 0 Å². The van der Waals surface area contributed by atoms with Gasteiger partial charge < -0.3 is 15.4 Å². The van der Waals surface area contributed by atoms with Gasteiger partial charge in [-0.25, -0.2) is 9.98 Å². The highest BCUT2D eigenvalue weighted by molar-refractivity contribution is 7.66. The van der Waals surface area contributed by atoms with Crippen molar-refractivity contribution in [2.24, 2.45) is 16.8 Å². The number of fused-ring (bicyclic) bond motifs is 1. The van der Waals surface area contributed by atoms with Crippen LogP contribution in [0, 0.1) is 11.8 Å². The third-order valence-corrected chi connectivity index (χ3v) is 9.50. The number of thiophene rings is 1. The maximum absolute atomic E-state index is 12.7. The van der Waals surface area contributed by atoms with Crippen molar-refractivity contribution in [1.29, 1.82) is 0 Å². The normalized spacial score (nSPS) is 24.1. The molecule has 1 saturated carbocycles. The van der Waals surface area contributed by atoms with Gasteiger partial charge in [-0.1, -0.05) is 30.4 Å². The van der Waals surface area contributed by atoms with E-state index in [1.54, 1.807) is 11.4 Å². The fourth-order valence-electron chi connectivity index (χ4n) is 4.69. The summed E-state index contributed by atoms with van der Waals surface area (Å²) >= 11 is 1.47. The summed E-state index contributed by atoms with van der Waals surface area (Å²) in [7, 11) is -3.25. The Balaban J connectivity index is 1.43. The minimum absolute atomic E-state index is 0.293. The lowest BCUT2D eigenvalue weighted by molar-refractivity contribution is 0.171. The van der Waals surface area contributed by atoms with Crippen LogP contribution in [0.2, 0.25) is 0 Å². The van der Waals surface area contributed by atoms with Crippen molar-refractivity contribution in [1.82, 2.24) is 9.97 Å². The highest BCUT2D eigenvalue weighted by atomic mass is 32.1. The van der Waals surface area contributed by atoms with Crippen LogP contribution in [0.4, 0.5) is 11.5 Å². The van der Waals surface area contributed by atoms with Crippen molar-refractivity contribution in [3.63, 3.8) is 0 Å². The van der Waals surface area contributed by atoms with Crippen molar-refractivity contribution >= 4 is 41.2 Å². The van der Waals surface area contributed by atoms with E-state index in [0.717, 1.165) is 37.0 Å². The number of allylic oxidation sites excluding steroid dienone is 5. The van der Waals surface area contributed by atoms with Crippen LogP contribution < -0.4 is 15.8 Å². The van der Waals surface area contributed by atoms with Crippen LogP contribution in [0.1, 0.15) is 46.5 Å². The first kappa shape index (κ1) is 25.5. The third kappa shape index (κ3) is 6.00. The average molecular weight is 513 g/mol. The van der Waals surface area contributed by atoms with E-state index in [2.05, 4.69) is 28.2 Å². The van der Waals surface area contributed by atoms with Gasteiger partial charge in [0.05, 0.1) is 5.71 Å². The Morgan fingerprint density at radius 2 is 2.09 bits per heavy atom. The predicted octanol–water partition coefficient (Wildman–Crippen LogP) is 5.82. The molecule has 1 unspecified atom stereocenters. The van der Waals surface area contributed by atoms with Gasteiger partial charge in [0.1, 0.15) is 11.9 Å². The molecule has 1 aliphatic heterocycles. The van der Waals surface area contributed by atoms with Crippen molar-refractivity contribution in [3.05, 3.63) is 59.1 Å². The Morgan fingerprint density at radius 1 is 1.31 bits per heavy atom. The Labute approximate surface area is 211 Å². The minimum atomic E-state index is -3.25. The van der Waals surface area contributed by atoms with Crippen LogP contribution in [0.25, 0.3) is 0 Å². The summed E-state index contributed by atoms with van der Waals surface area (Å²) < 4.78 is 18.8. The summed E-state index contributed by atoms with van der Waals surface area (Å²) in [6.07, 6.45) is 16.1. The Bertz CT molecular complexity index is 1210. The fourth-order valence-corrected chi connectivity index (χ4v) is 7.74. The SMILES string of the molecule is C\C=C/C(=C\C=C\[C@H]1CC[C@H](CP(=O)(O)c2ccsc2)CC1)C1=Nc2c(N)ncnc2OC1(C)C. The van der Waals surface area contributed by atoms with E-state index in [1.165, 1.54) is 17.7 Å². The molecule has 1 aliphatic carbocycles. The van der Waals surface area contributed by atoms with E-state index in [1.807, 2.05) is 38.3 Å². The van der Waals surface area contributed by atoms with Gasteiger partial charge in [-0.15, -0.1) is 0 Å². The second kappa shape index (κ2) is 10.6. The molecular weight excluding hydrogens is 479 g/mol. The fraction of sp³-hybridized carbons (Fsp3) is 0.423. The van der Waals surface area contributed by atoms with E-state index in [4.69, 9.17) is 15.5 Å². The molecule has 4 rings (SSSR count). The van der Waals surface area contributed by atoms with E-state index in [-0.39, 0.29) is 0 Å². The van der Waals surface area contributed by atoms with Crippen molar-refractivity contribution in [3.8, 4) is 5.88 Å². The highest BCUT2D eigenvalue weighted by Crippen LogP contribution is 2.46. The molecule has 9 heteroatoms. The molecule has 0 bridgehead atoms. The molecule has 2 aliphatic rings. The van der Waals surface area contributed by atoms with E-state index >= 15 is 0 Å². The zero-order valence-corrected chi connectivity index (χ0v) is 22.1. The maximum Gasteiger partial charge on any atom is 0.246 e. The predicted molar refractivity (Wildman–Crippen MR) is 144 cm³/mol. The summed E-state index contributed by atoms with van der Waals surface area (Å²) in [5.41, 5.74) is 7.51. The second-order valence-electron chi connectivity index (χ2n) is 9.64. The topological polar surface area (TPSA) is 111 Å². The summed E-state index contributed by atoms with van der Waals surface area (Å²) in [5.74, 6) is 1.44. The molecule has 3 heterocycles. The summed E-state index contributed by atoms with van der Waals surface area (Å²) in [5, 5.41) is 4.26. The first-order valence-corrected chi connectivity index (χ1v) is 14.7. The molecule has 3 N–H and O–H groups in total. The Kier molecular flexibility index (Phi) is 7.74. The molecule has 2 aromatic heterocycles. The quantitative estimate of drug-likeness (QED) is 0.357. The number of nitrogens with zero attached hydrogens (tertiary/aromatic N) is 3. The van der Waals surface area contributed by atoms with Gasteiger partial charge in [-0.2, -0.15) is 16.3 Å². The van der Waals surface area contributed by atoms with Gasteiger partial charge in [-0.3, -0.25) is 4.57 Å². The molecule has 35 heavy (non-hydrogen) atoms. The van der Waals surface area contributed by atoms with Gasteiger partial charge >= 0.3 is 0 Å². The number of ether oxygens (including phenoxy) is 1. The van der Waals surface area contributed by atoms with Crippen LogP contribution in [-0.4, -0.2) is 32.3 Å². The third-order valence-electron chi connectivity index (χ3n) is 6.55. The molecule has 0 saturated heterocycles. The molecule has 2 aromatic rings. The molecule has 186 valence electrons. The number of hydrogen-bond acceptors (Lipinski definition) is 7. The number of aromatic nitrogens is 2. The zero-order chi connectivity index (χ0) is 25.1. The molecular formula is C26H33N4O3PS. The van der Waals surface area contributed by atoms with Gasteiger partial charge in [0.25, 0.3) is 0 Å². The Hall–Kier alpha value is -2.54. The Morgan fingerprint density at radius 3 is 2.77 bits per heavy atom. The number of rotatable bonds is 7. The van der Waals surface area contributed by atoms with Crippen LogP contribution >= 0.6 is 18.7 Å². The first-order chi connectivity index (χ1) is 16.7. The summed E-state index contributed by atoms with van der Waals surface area (Å²) in [4.78, 5) is 23.5. The first-order valence-electron chi connectivity index (χ1n) is 11.9. The van der Waals surface area contributed by atoms with Crippen LogP contribution in [-0.2, 0) is 4.57 Å². The van der Waals surface area contributed by atoms with Gasteiger partial charge in [0.2, 0.25) is 13.2 Å². The number of aliphatic imine (C=N–C) groups is 1. The smallest absolute Gasteiger partial charge is 0.246 e. The molecule has 0 spiro atoms. The summed E-state index contributed by atoms with van der Waals surface area (Å²) in [6.45, 7) is 5.90. The maximum atomic E-state index is 12.7. The monoisotopic (exact) mass is 512 g/mol. The average Bonchev–Trinajstić information content (AvgIpc) is 3.35. The van der Waals surface area contributed by atoms with Crippen molar-refractivity contribution in [2.45, 2.75) is 52.1 Å². The second-order valence-corrected chi connectivity index (χ2v) is 12.7. The molecule has 1 fully saturated rings. The standard InChI is InChI=1S/C26H33N4O3PS/c1-4-6-20(23-26(2,3)33-25-22(30-23)24(27)28-17-29-25)8-5-7-18-9-11-19(12-10-18)15-34(31,32)21-13-14-35-16-21/h4-8,13-14,16-19H,9-12,15H2,1-3H3,(H,31,32)(H2,27,28,29)/b6-4-,7-5+,20-8+/t18-,19-. The van der Waals surface area contributed by atoms with Gasteiger partial charge in [0, 0.05) is 16.8 Å². The van der Waals surface area contributed by atoms with E-state index < -0.39 is 13.0 Å². The lowest BCUT2D eigenvalue weighted by Gasteiger charge is -2.32. The molecule has 0 aromatic carbocycles. The zero-order valence-electron chi connectivity index (χ0n) is 20.4. The number of nitrogen functional groups attached to an aromatic ring is 1. The van der Waals surface area contributed by atoms with Crippen LogP contribution in [0.15, 0.2) is 64.1 Å². The minimum Gasteiger partial charge on any atom is -0.463 e. The highest BCUT2D eigenvalue weighted by Gasteiger charge is 2.35.